The molecule has 2 aliphatic heterocycles. The summed E-state index contributed by atoms with van der Waals surface area (Å²) in [6, 6.07) is 2.34. The second-order valence-electron chi connectivity index (χ2n) is 5.48. The van der Waals surface area contributed by atoms with Gasteiger partial charge < -0.3 is 9.64 Å². The molecule has 0 bridgehead atoms. The van der Waals surface area contributed by atoms with Crippen molar-refractivity contribution in [2.24, 2.45) is 5.41 Å². The molecule has 18 heavy (non-hydrogen) atoms. The van der Waals surface area contributed by atoms with Crippen molar-refractivity contribution >= 4 is 5.91 Å². The largest absolute Gasteiger partial charge is 0.379 e. The van der Waals surface area contributed by atoms with E-state index >= 15 is 0 Å². The van der Waals surface area contributed by atoms with Crippen LogP contribution in [0.25, 0.3) is 0 Å². The lowest BCUT2D eigenvalue weighted by Gasteiger charge is -2.37. The molecule has 0 N–H and O–H groups in total. The van der Waals surface area contributed by atoms with Gasteiger partial charge in [0.05, 0.1) is 31.2 Å². The van der Waals surface area contributed by atoms with Gasteiger partial charge in [0.2, 0.25) is 5.91 Å². The molecule has 0 saturated carbocycles. The fourth-order valence-corrected chi connectivity index (χ4v) is 2.59. The molecule has 0 spiro atoms. The summed E-state index contributed by atoms with van der Waals surface area (Å²) in [4.78, 5) is 16.2. The number of rotatable bonds is 2. The highest BCUT2D eigenvalue weighted by atomic mass is 16.5. The molecule has 2 saturated heterocycles. The highest BCUT2D eigenvalue weighted by Crippen LogP contribution is 2.28. The third-order valence-corrected chi connectivity index (χ3v) is 3.78. The van der Waals surface area contributed by atoms with Gasteiger partial charge in [-0.2, -0.15) is 5.26 Å². The summed E-state index contributed by atoms with van der Waals surface area (Å²) in [5, 5.41) is 9.16. The minimum atomic E-state index is -0.362. The minimum absolute atomic E-state index is 0.151. The van der Waals surface area contributed by atoms with Gasteiger partial charge in [-0.3, -0.25) is 9.69 Å². The minimum Gasteiger partial charge on any atom is -0.379 e. The summed E-state index contributed by atoms with van der Waals surface area (Å²) in [5.41, 5.74) is -0.362. The Morgan fingerprint density at radius 1 is 1.39 bits per heavy atom. The molecule has 2 rings (SSSR count). The van der Waals surface area contributed by atoms with Gasteiger partial charge in [-0.15, -0.1) is 0 Å². The number of amides is 1. The molecular weight excluding hydrogens is 230 g/mol. The number of hydrogen-bond donors (Lipinski definition) is 0. The first-order valence-electron chi connectivity index (χ1n) is 6.62. The maximum absolute atomic E-state index is 12.2. The van der Waals surface area contributed by atoms with Crippen LogP contribution in [0.15, 0.2) is 0 Å². The van der Waals surface area contributed by atoms with Gasteiger partial charge in [0.1, 0.15) is 0 Å². The predicted octanol–water partition coefficient (Wildman–Crippen LogP) is 0.471. The number of piperidine rings is 1. The molecule has 0 aliphatic carbocycles. The first kappa shape index (κ1) is 13.3. The topological polar surface area (TPSA) is 56.6 Å². The molecule has 1 atom stereocenters. The van der Waals surface area contributed by atoms with E-state index in [1.807, 2.05) is 11.8 Å². The van der Waals surface area contributed by atoms with Crippen LogP contribution in [0.2, 0.25) is 0 Å². The summed E-state index contributed by atoms with van der Waals surface area (Å²) in [5.74, 6) is 0.151. The van der Waals surface area contributed by atoms with Crippen LogP contribution in [0, 0.1) is 16.7 Å². The van der Waals surface area contributed by atoms with Crippen molar-refractivity contribution in [3.63, 3.8) is 0 Å². The Balaban J connectivity index is 1.86. The van der Waals surface area contributed by atoms with Crippen LogP contribution in [0.4, 0.5) is 0 Å². The van der Waals surface area contributed by atoms with E-state index in [0.29, 0.717) is 26.3 Å². The Hall–Kier alpha value is -1.12. The van der Waals surface area contributed by atoms with Crippen molar-refractivity contribution in [2.75, 3.05) is 45.9 Å². The lowest BCUT2D eigenvalue weighted by atomic mass is 9.83. The van der Waals surface area contributed by atoms with Crippen LogP contribution in [-0.2, 0) is 9.53 Å². The Bertz CT molecular complexity index is 347. The second-order valence-corrected chi connectivity index (χ2v) is 5.48. The molecule has 2 aliphatic rings. The highest BCUT2D eigenvalue weighted by Gasteiger charge is 2.33. The van der Waals surface area contributed by atoms with Crippen molar-refractivity contribution in [1.82, 2.24) is 9.80 Å². The molecule has 0 radical (unpaired) electrons. The fraction of sp³-hybridized carbons (Fsp3) is 0.846. The van der Waals surface area contributed by atoms with Crippen molar-refractivity contribution < 1.29 is 9.53 Å². The third-order valence-electron chi connectivity index (χ3n) is 3.78. The molecule has 1 unspecified atom stereocenters. The van der Waals surface area contributed by atoms with Crippen LogP contribution in [0.5, 0.6) is 0 Å². The second kappa shape index (κ2) is 5.68. The average Bonchev–Trinajstić information content (AvgIpc) is 2.40. The molecule has 0 aromatic heterocycles. The lowest BCUT2D eigenvalue weighted by Crippen LogP contribution is -2.49. The quantitative estimate of drug-likeness (QED) is 0.716. The number of morpholine rings is 1. The number of ether oxygens (including phenoxy) is 1. The zero-order chi connectivity index (χ0) is 13.0. The Morgan fingerprint density at radius 2 is 2.11 bits per heavy atom. The van der Waals surface area contributed by atoms with Crippen LogP contribution >= 0.6 is 0 Å². The van der Waals surface area contributed by atoms with E-state index in [4.69, 9.17) is 10.00 Å². The average molecular weight is 251 g/mol. The number of likely N-dealkylation sites (tertiary alicyclic amines) is 1. The van der Waals surface area contributed by atoms with E-state index in [-0.39, 0.29) is 11.3 Å². The van der Waals surface area contributed by atoms with Crippen molar-refractivity contribution in [3.8, 4) is 6.07 Å². The lowest BCUT2D eigenvalue weighted by molar-refractivity contribution is -0.135. The molecule has 100 valence electrons. The zero-order valence-electron chi connectivity index (χ0n) is 11.0. The first-order chi connectivity index (χ1) is 8.63. The van der Waals surface area contributed by atoms with Gasteiger partial charge in [-0.1, -0.05) is 0 Å². The summed E-state index contributed by atoms with van der Waals surface area (Å²) < 4.78 is 5.27. The van der Waals surface area contributed by atoms with E-state index in [1.54, 1.807) is 0 Å². The molecule has 2 fully saturated rings. The summed E-state index contributed by atoms with van der Waals surface area (Å²) in [6.45, 7) is 6.86. The normalized spacial score (nSPS) is 29.9. The maximum atomic E-state index is 12.2. The van der Waals surface area contributed by atoms with Crippen LogP contribution in [0.3, 0.4) is 0 Å². The van der Waals surface area contributed by atoms with E-state index in [1.165, 1.54) is 0 Å². The standard InChI is InChI=1S/C13H21N3O2/c1-13(10-14)3-2-4-16(11-13)12(17)9-15-5-7-18-8-6-15/h2-9,11H2,1H3. The molecule has 0 aromatic rings. The number of hydrogen-bond acceptors (Lipinski definition) is 4. The van der Waals surface area contributed by atoms with Crippen LogP contribution in [-0.4, -0.2) is 61.6 Å². The molecule has 5 nitrogen and oxygen atoms in total. The van der Waals surface area contributed by atoms with Gasteiger partial charge in [-0.25, -0.2) is 0 Å². The monoisotopic (exact) mass is 251 g/mol. The first-order valence-corrected chi connectivity index (χ1v) is 6.62. The van der Waals surface area contributed by atoms with Gasteiger partial charge in [0.15, 0.2) is 0 Å². The van der Waals surface area contributed by atoms with E-state index in [2.05, 4.69) is 11.0 Å². The number of carbonyl (C=O) groups excluding carboxylic acids is 1. The van der Waals surface area contributed by atoms with Crippen LogP contribution in [0.1, 0.15) is 19.8 Å². The van der Waals surface area contributed by atoms with E-state index < -0.39 is 0 Å². The van der Waals surface area contributed by atoms with Gasteiger partial charge in [0.25, 0.3) is 0 Å². The Morgan fingerprint density at radius 3 is 2.78 bits per heavy atom. The zero-order valence-corrected chi connectivity index (χ0v) is 11.0. The van der Waals surface area contributed by atoms with Crippen molar-refractivity contribution in [1.29, 1.82) is 5.26 Å². The van der Waals surface area contributed by atoms with Gasteiger partial charge in [-0.05, 0) is 19.8 Å². The third kappa shape index (κ3) is 3.21. The van der Waals surface area contributed by atoms with Crippen molar-refractivity contribution in [3.05, 3.63) is 0 Å². The highest BCUT2D eigenvalue weighted by molar-refractivity contribution is 5.78. The Kier molecular flexibility index (Phi) is 4.20. The summed E-state index contributed by atoms with van der Waals surface area (Å²) in [6.07, 6.45) is 1.82. The SMILES string of the molecule is CC1(C#N)CCCN(C(=O)CN2CCOCC2)C1. The van der Waals surface area contributed by atoms with Gasteiger partial charge >= 0.3 is 0 Å². The summed E-state index contributed by atoms with van der Waals surface area (Å²) in [7, 11) is 0. The fourth-order valence-electron chi connectivity index (χ4n) is 2.59. The molecule has 5 heteroatoms. The molecule has 2 heterocycles. The van der Waals surface area contributed by atoms with E-state index in [0.717, 1.165) is 32.5 Å². The molecular formula is C13H21N3O2. The molecule has 0 aromatic carbocycles. The maximum Gasteiger partial charge on any atom is 0.236 e. The predicted molar refractivity (Wildman–Crippen MR) is 66.8 cm³/mol. The Labute approximate surface area is 108 Å². The molecule has 1 amide bonds. The number of nitrogens with zero attached hydrogens (tertiary/aromatic N) is 3. The van der Waals surface area contributed by atoms with E-state index in [9.17, 15) is 4.79 Å². The smallest absolute Gasteiger partial charge is 0.236 e. The van der Waals surface area contributed by atoms with Crippen LogP contribution < -0.4 is 0 Å². The van der Waals surface area contributed by atoms with Gasteiger partial charge in [0, 0.05) is 26.2 Å². The van der Waals surface area contributed by atoms with Crippen molar-refractivity contribution in [2.45, 2.75) is 19.8 Å². The number of carbonyl (C=O) groups is 1. The summed E-state index contributed by atoms with van der Waals surface area (Å²) >= 11 is 0. The number of nitriles is 1.